The van der Waals surface area contributed by atoms with Crippen molar-refractivity contribution in [3.8, 4) is 5.75 Å². The second kappa shape index (κ2) is 6.69. The smallest absolute Gasteiger partial charge is 0.134 e. The van der Waals surface area contributed by atoms with E-state index in [2.05, 4.69) is 5.32 Å². The van der Waals surface area contributed by atoms with Crippen molar-refractivity contribution in [2.45, 2.75) is 33.2 Å². The monoisotopic (exact) mass is 257 g/mol. The van der Waals surface area contributed by atoms with Crippen molar-refractivity contribution in [3.05, 3.63) is 29.3 Å². The summed E-state index contributed by atoms with van der Waals surface area (Å²) in [7, 11) is 1.39. The molecule has 0 fully saturated rings. The molecule has 1 N–H and O–H groups in total. The summed E-state index contributed by atoms with van der Waals surface area (Å²) >= 11 is 0. The van der Waals surface area contributed by atoms with Crippen molar-refractivity contribution in [2.75, 3.05) is 13.7 Å². The van der Waals surface area contributed by atoms with Gasteiger partial charge in [-0.3, -0.25) is 0 Å². The third-order valence-corrected chi connectivity index (χ3v) is 2.79. The van der Waals surface area contributed by atoms with E-state index in [1.165, 1.54) is 19.2 Å². The average Bonchev–Trinajstić information content (AvgIpc) is 2.27. The maximum Gasteiger partial charge on any atom is 0.134 e. The fraction of sp³-hybridized carbons (Fsp3) is 0.571. The van der Waals surface area contributed by atoms with Crippen molar-refractivity contribution >= 4 is 0 Å². The second-order valence-electron chi connectivity index (χ2n) is 4.74. The Kier molecular flexibility index (Phi) is 5.54. The fourth-order valence-electron chi connectivity index (χ4n) is 2.03. The van der Waals surface area contributed by atoms with Crippen LogP contribution in [0.25, 0.3) is 0 Å². The molecule has 1 aromatic carbocycles. The molecule has 4 heteroatoms. The zero-order valence-electron chi connectivity index (χ0n) is 11.4. The summed E-state index contributed by atoms with van der Waals surface area (Å²) in [5.74, 6) is -0.555. The lowest BCUT2D eigenvalue weighted by Gasteiger charge is -2.21. The van der Waals surface area contributed by atoms with Crippen LogP contribution in [-0.4, -0.2) is 13.7 Å². The average molecular weight is 257 g/mol. The zero-order valence-corrected chi connectivity index (χ0v) is 11.4. The summed E-state index contributed by atoms with van der Waals surface area (Å²) in [6.07, 6.45) is 0.689. The number of methoxy groups -OCH3 is 1. The highest BCUT2D eigenvalue weighted by atomic mass is 19.1. The molecular formula is C14H21F2NO. The van der Waals surface area contributed by atoms with Crippen LogP contribution < -0.4 is 10.1 Å². The van der Waals surface area contributed by atoms with Crippen LogP contribution in [0.2, 0.25) is 0 Å². The standard InChI is InChI=1S/C14H21F2NO/c1-5-17-13(6-9(2)3)14-11(15)7-10(18-4)8-12(14)16/h7-9,13,17H,5-6H2,1-4H3. The number of hydrogen-bond donors (Lipinski definition) is 1. The van der Waals surface area contributed by atoms with Gasteiger partial charge in [0.2, 0.25) is 0 Å². The van der Waals surface area contributed by atoms with Gasteiger partial charge in [0.1, 0.15) is 17.4 Å². The molecule has 0 aliphatic carbocycles. The first-order valence-electron chi connectivity index (χ1n) is 6.25. The third-order valence-electron chi connectivity index (χ3n) is 2.79. The van der Waals surface area contributed by atoms with Crippen LogP contribution in [0, 0.1) is 17.6 Å². The van der Waals surface area contributed by atoms with Crippen molar-refractivity contribution in [1.82, 2.24) is 5.32 Å². The quantitative estimate of drug-likeness (QED) is 0.839. The molecule has 0 aliphatic heterocycles. The van der Waals surface area contributed by atoms with E-state index in [4.69, 9.17) is 4.74 Å². The van der Waals surface area contributed by atoms with Gasteiger partial charge in [-0.15, -0.1) is 0 Å². The first-order chi connectivity index (χ1) is 8.49. The highest BCUT2D eigenvalue weighted by molar-refractivity contribution is 5.32. The van der Waals surface area contributed by atoms with E-state index in [9.17, 15) is 8.78 Å². The van der Waals surface area contributed by atoms with Crippen LogP contribution in [0.1, 0.15) is 38.8 Å². The summed E-state index contributed by atoms with van der Waals surface area (Å²) < 4.78 is 32.8. The molecule has 2 nitrogen and oxygen atoms in total. The SMILES string of the molecule is CCNC(CC(C)C)c1c(F)cc(OC)cc1F. The Morgan fingerprint density at radius 2 is 1.78 bits per heavy atom. The Labute approximate surface area is 107 Å². The van der Waals surface area contributed by atoms with E-state index in [-0.39, 0.29) is 17.4 Å². The molecule has 1 unspecified atom stereocenters. The molecule has 0 spiro atoms. The van der Waals surface area contributed by atoms with Gasteiger partial charge in [-0.05, 0) is 18.9 Å². The van der Waals surface area contributed by atoms with Crippen LogP contribution in [0.4, 0.5) is 8.78 Å². The molecular weight excluding hydrogens is 236 g/mol. The summed E-state index contributed by atoms with van der Waals surface area (Å²) in [6.45, 7) is 6.66. The van der Waals surface area contributed by atoms with Gasteiger partial charge in [0.15, 0.2) is 0 Å². The van der Waals surface area contributed by atoms with Crippen LogP contribution >= 0.6 is 0 Å². The molecule has 0 radical (unpaired) electrons. The molecule has 102 valence electrons. The van der Waals surface area contributed by atoms with E-state index in [1.54, 1.807) is 0 Å². The van der Waals surface area contributed by atoms with Gasteiger partial charge in [-0.2, -0.15) is 0 Å². The van der Waals surface area contributed by atoms with Gasteiger partial charge in [-0.1, -0.05) is 20.8 Å². The molecule has 0 saturated heterocycles. The molecule has 0 bridgehead atoms. The van der Waals surface area contributed by atoms with Crippen molar-refractivity contribution in [1.29, 1.82) is 0 Å². The minimum atomic E-state index is -0.557. The van der Waals surface area contributed by atoms with Crippen molar-refractivity contribution in [2.24, 2.45) is 5.92 Å². The lowest BCUT2D eigenvalue weighted by molar-refractivity contribution is 0.387. The van der Waals surface area contributed by atoms with Crippen molar-refractivity contribution in [3.63, 3.8) is 0 Å². The Morgan fingerprint density at radius 3 is 2.17 bits per heavy atom. The molecule has 1 atom stereocenters. The lowest BCUT2D eigenvalue weighted by Crippen LogP contribution is -2.24. The van der Waals surface area contributed by atoms with Crippen LogP contribution in [0.5, 0.6) is 5.75 Å². The number of rotatable bonds is 6. The highest BCUT2D eigenvalue weighted by Gasteiger charge is 2.21. The number of hydrogen-bond acceptors (Lipinski definition) is 2. The summed E-state index contributed by atoms with van der Waals surface area (Å²) in [5.41, 5.74) is 0.103. The Morgan fingerprint density at radius 1 is 1.22 bits per heavy atom. The molecule has 18 heavy (non-hydrogen) atoms. The Balaban J connectivity index is 3.10. The van der Waals surface area contributed by atoms with E-state index in [0.29, 0.717) is 18.9 Å². The maximum atomic E-state index is 14.0. The minimum Gasteiger partial charge on any atom is -0.497 e. The predicted octanol–water partition coefficient (Wildman–Crippen LogP) is 3.67. The van der Waals surface area contributed by atoms with Crippen molar-refractivity contribution < 1.29 is 13.5 Å². The van der Waals surface area contributed by atoms with Gasteiger partial charge in [0, 0.05) is 23.7 Å². The van der Waals surface area contributed by atoms with E-state index >= 15 is 0 Å². The molecule has 0 aliphatic rings. The number of nitrogens with one attached hydrogen (secondary N) is 1. The molecule has 1 aromatic rings. The summed E-state index contributed by atoms with van der Waals surface area (Å²) in [5, 5.41) is 3.13. The van der Waals surface area contributed by atoms with Gasteiger partial charge < -0.3 is 10.1 Å². The fourth-order valence-corrected chi connectivity index (χ4v) is 2.03. The van der Waals surface area contributed by atoms with Crippen LogP contribution in [0.15, 0.2) is 12.1 Å². The predicted molar refractivity (Wildman–Crippen MR) is 68.8 cm³/mol. The highest BCUT2D eigenvalue weighted by Crippen LogP contribution is 2.29. The number of halogens is 2. The minimum absolute atomic E-state index is 0.103. The second-order valence-corrected chi connectivity index (χ2v) is 4.74. The molecule has 0 saturated carbocycles. The molecule has 1 rings (SSSR count). The first kappa shape index (κ1) is 14.9. The van der Waals surface area contributed by atoms with E-state index in [1.807, 2.05) is 20.8 Å². The van der Waals surface area contributed by atoms with Crippen LogP contribution in [-0.2, 0) is 0 Å². The molecule has 0 heterocycles. The lowest BCUT2D eigenvalue weighted by atomic mass is 9.96. The van der Waals surface area contributed by atoms with Gasteiger partial charge >= 0.3 is 0 Å². The molecule has 0 amide bonds. The van der Waals surface area contributed by atoms with Crippen LogP contribution in [0.3, 0.4) is 0 Å². The van der Waals surface area contributed by atoms with Gasteiger partial charge in [-0.25, -0.2) is 8.78 Å². The normalized spacial score (nSPS) is 12.8. The van der Waals surface area contributed by atoms with Gasteiger partial charge in [0.25, 0.3) is 0 Å². The summed E-state index contributed by atoms with van der Waals surface area (Å²) in [4.78, 5) is 0. The Bertz CT molecular complexity index is 370. The number of ether oxygens (including phenoxy) is 1. The number of benzene rings is 1. The topological polar surface area (TPSA) is 21.3 Å². The first-order valence-corrected chi connectivity index (χ1v) is 6.25. The van der Waals surface area contributed by atoms with Gasteiger partial charge in [0.05, 0.1) is 7.11 Å². The maximum absolute atomic E-state index is 14.0. The molecule has 0 aromatic heterocycles. The van der Waals surface area contributed by atoms with E-state index in [0.717, 1.165) is 0 Å². The Hall–Kier alpha value is -1.16. The summed E-state index contributed by atoms with van der Waals surface area (Å²) in [6, 6.07) is 2.15. The zero-order chi connectivity index (χ0) is 13.7. The van der Waals surface area contributed by atoms with E-state index < -0.39 is 11.6 Å². The third kappa shape index (κ3) is 3.67. The largest absolute Gasteiger partial charge is 0.497 e.